The van der Waals surface area contributed by atoms with E-state index < -0.39 is 10.0 Å². The molecule has 24 heavy (non-hydrogen) atoms. The number of nitrogens with one attached hydrogen (secondary N) is 1. The highest BCUT2D eigenvalue weighted by Gasteiger charge is 2.14. The van der Waals surface area contributed by atoms with Gasteiger partial charge in [-0.2, -0.15) is 16.4 Å². The number of benzene rings is 1. The molecule has 0 aliphatic carbocycles. The van der Waals surface area contributed by atoms with Gasteiger partial charge in [0, 0.05) is 23.7 Å². The fourth-order valence-electron chi connectivity index (χ4n) is 2.31. The molecule has 2 heterocycles. The number of sulfonamides is 1. The maximum absolute atomic E-state index is 12.3. The van der Waals surface area contributed by atoms with Crippen LogP contribution >= 0.6 is 11.3 Å². The highest BCUT2D eigenvalue weighted by atomic mass is 32.2. The van der Waals surface area contributed by atoms with E-state index in [4.69, 9.17) is 0 Å². The summed E-state index contributed by atoms with van der Waals surface area (Å²) in [7, 11) is -3.50. The molecule has 3 rings (SSSR count). The average Bonchev–Trinajstić information content (AvgIpc) is 3.20. The number of hydrogen-bond acceptors (Lipinski definition) is 4. The quantitative estimate of drug-likeness (QED) is 0.733. The van der Waals surface area contributed by atoms with Gasteiger partial charge in [0.1, 0.15) is 0 Å². The summed E-state index contributed by atoms with van der Waals surface area (Å²) >= 11 is 1.62. The lowest BCUT2D eigenvalue weighted by Crippen LogP contribution is -2.27. The van der Waals surface area contributed by atoms with E-state index in [1.165, 1.54) is 0 Å². The minimum Gasteiger partial charge on any atom is -0.271 e. The topological polar surface area (TPSA) is 64.0 Å². The molecule has 3 aromatic rings. The Kier molecular flexibility index (Phi) is 4.84. The lowest BCUT2D eigenvalue weighted by atomic mass is 10.1. The van der Waals surface area contributed by atoms with Crippen LogP contribution in [0.2, 0.25) is 0 Å². The molecule has 2 aromatic heterocycles. The molecule has 0 aliphatic rings. The lowest BCUT2D eigenvalue weighted by molar-refractivity contribution is 0.561. The van der Waals surface area contributed by atoms with Crippen molar-refractivity contribution >= 4 is 21.4 Å². The van der Waals surface area contributed by atoms with Crippen molar-refractivity contribution in [1.82, 2.24) is 14.5 Å². The molecule has 7 heteroatoms. The Hall–Kier alpha value is -1.96. The number of aromatic nitrogens is 2. The molecular formula is C17H19N3O2S2. The van der Waals surface area contributed by atoms with Crippen LogP contribution in [0.5, 0.6) is 0 Å². The summed E-state index contributed by atoms with van der Waals surface area (Å²) in [5.41, 5.74) is 4.01. The SMILES string of the molecule is Cc1ccc(S(=O)(=O)NCCn2ccc(-c3ccsc3)n2)cc1C. The third kappa shape index (κ3) is 3.75. The minimum atomic E-state index is -3.50. The van der Waals surface area contributed by atoms with Crippen LogP contribution in [-0.2, 0) is 16.6 Å². The Morgan fingerprint density at radius 3 is 2.71 bits per heavy atom. The Labute approximate surface area is 146 Å². The van der Waals surface area contributed by atoms with Crippen molar-refractivity contribution in [1.29, 1.82) is 0 Å². The molecule has 126 valence electrons. The summed E-state index contributed by atoms with van der Waals surface area (Å²) in [6.45, 7) is 4.64. The molecular weight excluding hydrogens is 342 g/mol. The first-order valence-electron chi connectivity index (χ1n) is 7.59. The highest BCUT2D eigenvalue weighted by molar-refractivity contribution is 7.89. The molecule has 1 N–H and O–H groups in total. The summed E-state index contributed by atoms with van der Waals surface area (Å²) < 4.78 is 29.1. The van der Waals surface area contributed by atoms with Gasteiger partial charge in [-0.3, -0.25) is 4.68 Å². The Morgan fingerprint density at radius 2 is 2.00 bits per heavy atom. The zero-order valence-electron chi connectivity index (χ0n) is 13.6. The van der Waals surface area contributed by atoms with Gasteiger partial charge in [0.25, 0.3) is 0 Å². The fourth-order valence-corrected chi connectivity index (χ4v) is 4.06. The van der Waals surface area contributed by atoms with Gasteiger partial charge in [-0.1, -0.05) is 6.07 Å². The first-order chi connectivity index (χ1) is 11.5. The predicted molar refractivity (Wildman–Crippen MR) is 96.6 cm³/mol. The van der Waals surface area contributed by atoms with Gasteiger partial charge in [0.05, 0.1) is 17.1 Å². The number of rotatable bonds is 6. The molecule has 1 aromatic carbocycles. The molecule has 0 saturated carbocycles. The molecule has 0 saturated heterocycles. The van der Waals surface area contributed by atoms with Crippen molar-refractivity contribution in [3.8, 4) is 11.3 Å². The second kappa shape index (κ2) is 6.88. The van der Waals surface area contributed by atoms with E-state index in [0.717, 1.165) is 22.4 Å². The molecule has 0 unspecified atom stereocenters. The van der Waals surface area contributed by atoms with E-state index in [9.17, 15) is 8.42 Å². The predicted octanol–water partition coefficient (Wildman–Crippen LogP) is 3.21. The maximum atomic E-state index is 12.3. The van der Waals surface area contributed by atoms with Crippen LogP contribution in [-0.4, -0.2) is 24.7 Å². The highest BCUT2D eigenvalue weighted by Crippen LogP contribution is 2.19. The summed E-state index contributed by atoms with van der Waals surface area (Å²) in [4.78, 5) is 0.296. The molecule has 0 fully saturated rings. The summed E-state index contributed by atoms with van der Waals surface area (Å²) in [6.07, 6.45) is 1.86. The van der Waals surface area contributed by atoms with Gasteiger partial charge in [-0.15, -0.1) is 0 Å². The molecule has 0 radical (unpaired) electrons. The van der Waals surface area contributed by atoms with Crippen molar-refractivity contribution in [2.75, 3.05) is 6.54 Å². The van der Waals surface area contributed by atoms with E-state index in [-0.39, 0.29) is 0 Å². The van der Waals surface area contributed by atoms with Crippen LogP contribution in [0.4, 0.5) is 0 Å². The second-order valence-corrected chi connectivity index (χ2v) is 8.17. The molecule has 0 aliphatic heterocycles. The van der Waals surface area contributed by atoms with Crippen molar-refractivity contribution in [2.45, 2.75) is 25.3 Å². The van der Waals surface area contributed by atoms with Crippen molar-refractivity contribution in [3.63, 3.8) is 0 Å². The summed E-state index contributed by atoms with van der Waals surface area (Å²) in [6, 6.07) is 9.09. The van der Waals surface area contributed by atoms with Crippen molar-refractivity contribution < 1.29 is 8.42 Å². The van der Waals surface area contributed by atoms with E-state index in [2.05, 4.69) is 9.82 Å². The van der Waals surface area contributed by atoms with Crippen molar-refractivity contribution in [3.05, 3.63) is 58.4 Å². The van der Waals surface area contributed by atoms with E-state index >= 15 is 0 Å². The molecule has 0 bridgehead atoms. The van der Waals surface area contributed by atoms with Gasteiger partial charge in [-0.25, -0.2) is 13.1 Å². The first-order valence-corrected chi connectivity index (χ1v) is 10.0. The Bertz CT molecular complexity index is 929. The average molecular weight is 361 g/mol. The normalized spacial score (nSPS) is 11.8. The van der Waals surface area contributed by atoms with Gasteiger partial charge in [0.2, 0.25) is 10.0 Å². The van der Waals surface area contributed by atoms with E-state index in [1.54, 1.807) is 28.2 Å². The first kappa shape index (κ1) is 16.9. The van der Waals surface area contributed by atoms with E-state index in [0.29, 0.717) is 18.0 Å². The fraction of sp³-hybridized carbons (Fsp3) is 0.235. The molecule has 0 atom stereocenters. The van der Waals surface area contributed by atoms with Crippen molar-refractivity contribution in [2.24, 2.45) is 0 Å². The maximum Gasteiger partial charge on any atom is 0.240 e. The Balaban J connectivity index is 1.62. The van der Waals surface area contributed by atoms with Gasteiger partial charge in [-0.05, 0) is 54.6 Å². The standard InChI is InChI=1S/C17H19N3O2S2/c1-13-3-4-16(11-14(13)2)24(21,22)18-7-9-20-8-5-17(19-20)15-6-10-23-12-15/h3-6,8,10-12,18H,7,9H2,1-2H3. The lowest BCUT2D eigenvalue weighted by Gasteiger charge is -2.09. The minimum absolute atomic E-state index is 0.292. The number of nitrogens with zero attached hydrogens (tertiary/aromatic N) is 2. The van der Waals surface area contributed by atoms with E-state index in [1.807, 2.05) is 49.0 Å². The van der Waals surface area contributed by atoms with Crippen LogP contribution in [0.1, 0.15) is 11.1 Å². The van der Waals surface area contributed by atoms with Gasteiger partial charge < -0.3 is 0 Å². The number of thiophene rings is 1. The zero-order chi connectivity index (χ0) is 17.2. The van der Waals surface area contributed by atoms with Crippen LogP contribution in [0, 0.1) is 13.8 Å². The summed E-state index contributed by atoms with van der Waals surface area (Å²) in [5, 5.41) is 8.50. The third-order valence-electron chi connectivity index (χ3n) is 3.88. The zero-order valence-corrected chi connectivity index (χ0v) is 15.2. The van der Waals surface area contributed by atoms with Crippen LogP contribution < -0.4 is 4.72 Å². The van der Waals surface area contributed by atoms with Crippen LogP contribution in [0.15, 0.2) is 52.2 Å². The Morgan fingerprint density at radius 1 is 1.17 bits per heavy atom. The monoisotopic (exact) mass is 361 g/mol. The molecule has 5 nitrogen and oxygen atoms in total. The summed E-state index contributed by atoms with van der Waals surface area (Å²) in [5.74, 6) is 0. The van der Waals surface area contributed by atoms with Crippen LogP contribution in [0.25, 0.3) is 11.3 Å². The molecule has 0 spiro atoms. The van der Waals surface area contributed by atoms with Crippen LogP contribution in [0.3, 0.4) is 0 Å². The smallest absolute Gasteiger partial charge is 0.240 e. The second-order valence-electron chi connectivity index (χ2n) is 5.62. The number of aryl methyl sites for hydroxylation is 2. The largest absolute Gasteiger partial charge is 0.271 e. The molecule has 0 amide bonds. The third-order valence-corrected chi connectivity index (χ3v) is 6.02. The van der Waals surface area contributed by atoms with Gasteiger partial charge in [0.15, 0.2) is 0 Å². The van der Waals surface area contributed by atoms with Gasteiger partial charge >= 0.3 is 0 Å². The number of hydrogen-bond donors (Lipinski definition) is 1.